The first-order valence-corrected chi connectivity index (χ1v) is 8.27. The van der Waals surface area contributed by atoms with Gasteiger partial charge in [0.25, 0.3) is 5.91 Å². The minimum absolute atomic E-state index is 0.0162. The number of hydrogen-bond acceptors (Lipinski definition) is 3. The molecule has 1 saturated carbocycles. The largest absolute Gasteiger partial charge is 0.393 e. The molecule has 1 fully saturated rings. The highest BCUT2D eigenvalue weighted by Crippen LogP contribution is 2.27. The van der Waals surface area contributed by atoms with Gasteiger partial charge in [-0.2, -0.15) is 0 Å². The van der Waals surface area contributed by atoms with Crippen LogP contribution in [0.3, 0.4) is 0 Å². The molecule has 4 heteroatoms. The zero-order valence-corrected chi connectivity index (χ0v) is 14.0. The highest BCUT2D eigenvalue weighted by molar-refractivity contribution is 5.98. The highest BCUT2D eigenvalue weighted by atomic mass is 16.3. The number of nitrogens with zero attached hydrogens (tertiary/aromatic N) is 2. The number of hydrogen-bond donors (Lipinski definition) is 1. The Kier molecular flexibility index (Phi) is 4.35. The predicted molar refractivity (Wildman–Crippen MR) is 91.5 cm³/mol. The number of aryl methyl sites for hydroxylation is 2. The minimum atomic E-state index is -0.274. The summed E-state index contributed by atoms with van der Waals surface area (Å²) in [7, 11) is 1.81. The first kappa shape index (κ1) is 15.9. The predicted octanol–water partition coefficient (Wildman–Crippen LogP) is 3.08. The van der Waals surface area contributed by atoms with E-state index in [0.717, 1.165) is 41.4 Å². The van der Waals surface area contributed by atoms with Crippen LogP contribution in [0.2, 0.25) is 0 Å². The molecule has 2 unspecified atom stereocenters. The second-order valence-corrected chi connectivity index (χ2v) is 6.76. The van der Waals surface area contributed by atoms with Crippen LogP contribution < -0.4 is 0 Å². The summed E-state index contributed by atoms with van der Waals surface area (Å²) in [5.74, 6) is 0.178. The molecule has 2 aromatic rings. The topological polar surface area (TPSA) is 53.4 Å². The van der Waals surface area contributed by atoms with Gasteiger partial charge in [-0.1, -0.05) is 18.1 Å². The van der Waals surface area contributed by atoms with Crippen LogP contribution in [-0.2, 0) is 0 Å². The summed E-state index contributed by atoms with van der Waals surface area (Å²) in [6.45, 7) is 4.52. The van der Waals surface area contributed by atoms with E-state index in [1.807, 2.05) is 39.1 Å². The zero-order valence-electron chi connectivity index (χ0n) is 14.0. The molecule has 0 aliphatic heterocycles. The molecule has 1 aliphatic rings. The van der Waals surface area contributed by atoms with E-state index in [1.54, 1.807) is 4.90 Å². The number of amides is 1. The van der Waals surface area contributed by atoms with Gasteiger partial charge in [-0.3, -0.25) is 9.78 Å². The molecule has 0 saturated heterocycles. The Morgan fingerprint density at radius 3 is 2.78 bits per heavy atom. The third kappa shape index (κ3) is 3.22. The van der Waals surface area contributed by atoms with Gasteiger partial charge in [0, 0.05) is 24.9 Å². The smallest absolute Gasteiger partial charge is 0.255 e. The lowest BCUT2D eigenvalue weighted by atomic mass is 10.0. The van der Waals surface area contributed by atoms with Gasteiger partial charge < -0.3 is 10.0 Å². The standard InChI is InChI=1S/C19H24N2O2/c1-12-7-8-17-15(9-12)10-16(13(2)20-17)19(23)21(3)11-14-5-4-6-18(14)22/h7-10,14,18,22H,4-6,11H2,1-3H3. The van der Waals surface area contributed by atoms with E-state index in [9.17, 15) is 9.90 Å². The summed E-state index contributed by atoms with van der Waals surface area (Å²) in [5, 5.41) is 11.0. The van der Waals surface area contributed by atoms with E-state index in [-0.39, 0.29) is 17.9 Å². The van der Waals surface area contributed by atoms with Crippen LogP contribution in [0.1, 0.15) is 40.9 Å². The lowest BCUT2D eigenvalue weighted by molar-refractivity contribution is 0.0692. The number of carbonyl (C=O) groups is 1. The zero-order chi connectivity index (χ0) is 16.6. The molecule has 1 amide bonds. The van der Waals surface area contributed by atoms with Crippen molar-refractivity contribution in [2.24, 2.45) is 5.92 Å². The Morgan fingerprint density at radius 2 is 2.09 bits per heavy atom. The molecule has 23 heavy (non-hydrogen) atoms. The van der Waals surface area contributed by atoms with Crippen LogP contribution in [0.5, 0.6) is 0 Å². The average molecular weight is 312 g/mol. The molecule has 0 radical (unpaired) electrons. The fourth-order valence-corrected chi connectivity index (χ4v) is 3.48. The van der Waals surface area contributed by atoms with Gasteiger partial charge in [-0.05, 0) is 44.9 Å². The van der Waals surface area contributed by atoms with Crippen molar-refractivity contribution in [1.29, 1.82) is 0 Å². The summed E-state index contributed by atoms with van der Waals surface area (Å²) in [6.07, 6.45) is 2.61. The Labute approximate surface area is 137 Å². The Hall–Kier alpha value is -1.94. The van der Waals surface area contributed by atoms with Gasteiger partial charge in [0.15, 0.2) is 0 Å². The monoisotopic (exact) mass is 312 g/mol. The van der Waals surface area contributed by atoms with Crippen LogP contribution in [0.4, 0.5) is 0 Å². The fraction of sp³-hybridized carbons (Fsp3) is 0.474. The highest BCUT2D eigenvalue weighted by Gasteiger charge is 2.28. The molecule has 1 aromatic carbocycles. The summed E-state index contributed by atoms with van der Waals surface area (Å²) in [5.41, 5.74) is 3.48. The number of aliphatic hydroxyl groups is 1. The van der Waals surface area contributed by atoms with Gasteiger partial charge in [0.05, 0.1) is 22.9 Å². The lowest BCUT2D eigenvalue weighted by Gasteiger charge is -2.24. The first-order valence-electron chi connectivity index (χ1n) is 8.27. The van der Waals surface area contributed by atoms with Crippen LogP contribution >= 0.6 is 0 Å². The SMILES string of the molecule is Cc1ccc2nc(C)c(C(=O)N(C)CC3CCCC3O)cc2c1. The van der Waals surface area contributed by atoms with Crippen molar-refractivity contribution in [3.05, 3.63) is 41.1 Å². The number of rotatable bonds is 3. The molecular weight excluding hydrogens is 288 g/mol. The molecule has 1 N–H and O–H groups in total. The van der Waals surface area contributed by atoms with Crippen molar-refractivity contribution < 1.29 is 9.90 Å². The summed E-state index contributed by atoms with van der Waals surface area (Å²) in [6, 6.07) is 8.02. The van der Waals surface area contributed by atoms with Gasteiger partial charge in [-0.25, -0.2) is 0 Å². The van der Waals surface area contributed by atoms with Gasteiger partial charge in [0.2, 0.25) is 0 Å². The molecule has 122 valence electrons. The van der Waals surface area contributed by atoms with E-state index >= 15 is 0 Å². The van der Waals surface area contributed by atoms with Crippen LogP contribution in [-0.4, -0.2) is 40.6 Å². The molecule has 2 atom stereocenters. The van der Waals surface area contributed by atoms with E-state index < -0.39 is 0 Å². The maximum atomic E-state index is 12.8. The first-order chi connectivity index (χ1) is 11.0. The maximum Gasteiger partial charge on any atom is 0.255 e. The van der Waals surface area contributed by atoms with Crippen molar-refractivity contribution in [3.63, 3.8) is 0 Å². The van der Waals surface area contributed by atoms with E-state index in [2.05, 4.69) is 11.1 Å². The van der Waals surface area contributed by atoms with Gasteiger partial charge >= 0.3 is 0 Å². The molecule has 0 bridgehead atoms. The molecule has 3 rings (SSSR count). The summed E-state index contributed by atoms with van der Waals surface area (Å²) in [4.78, 5) is 19.1. The van der Waals surface area contributed by atoms with Crippen molar-refractivity contribution >= 4 is 16.8 Å². The normalized spacial score (nSPS) is 20.9. The number of pyridine rings is 1. The van der Waals surface area contributed by atoms with Crippen molar-refractivity contribution in [1.82, 2.24) is 9.88 Å². The molecule has 1 heterocycles. The van der Waals surface area contributed by atoms with Crippen LogP contribution in [0.15, 0.2) is 24.3 Å². The molecule has 4 nitrogen and oxygen atoms in total. The van der Waals surface area contributed by atoms with Crippen LogP contribution in [0.25, 0.3) is 10.9 Å². The second-order valence-electron chi connectivity index (χ2n) is 6.76. The molecular formula is C19H24N2O2. The fourth-order valence-electron chi connectivity index (χ4n) is 3.48. The Bertz CT molecular complexity index is 741. The number of benzene rings is 1. The lowest BCUT2D eigenvalue weighted by Crippen LogP contribution is -2.35. The van der Waals surface area contributed by atoms with Crippen LogP contribution in [0, 0.1) is 19.8 Å². The maximum absolute atomic E-state index is 12.8. The number of carbonyl (C=O) groups excluding carboxylic acids is 1. The molecule has 1 aromatic heterocycles. The van der Waals surface area contributed by atoms with E-state index in [1.165, 1.54) is 0 Å². The van der Waals surface area contributed by atoms with Gasteiger partial charge in [0.1, 0.15) is 0 Å². The Morgan fingerprint density at radius 1 is 1.30 bits per heavy atom. The summed E-state index contributed by atoms with van der Waals surface area (Å²) < 4.78 is 0. The van der Waals surface area contributed by atoms with Gasteiger partial charge in [-0.15, -0.1) is 0 Å². The van der Waals surface area contributed by atoms with Crippen molar-refractivity contribution in [2.75, 3.05) is 13.6 Å². The number of aliphatic hydroxyl groups excluding tert-OH is 1. The Balaban J connectivity index is 1.86. The quantitative estimate of drug-likeness (QED) is 0.947. The minimum Gasteiger partial charge on any atom is -0.393 e. The van der Waals surface area contributed by atoms with E-state index in [0.29, 0.717) is 12.1 Å². The van der Waals surface area contributed by atoms with Crippen molar-refractivity contribution in [3.8, 4) is 0 Å². The summed E-state index contributed by atoms with van der Waals surface area (Å²) >= 11 is 0. The average Bonchev–Trinajstić information content (AvgIpc) is 2.91. The number of fused-ring (bicyclic) bond motifs is 1. The third-order valence-electron chi connectivity index (χ3n) is 4.87. The number of aromatic nitrogens is 1. The molecule has 1 aliphatic carbocycles. The van der Waals surface area contributed by atoms with Crippen molar-refractivity contribution in [2.45, 2.75) is 39.2 Å². The molecule has 0 spiro atoms. The third-order valence-corrected chi connectivity index (χ3v) is 4.87. The second kappa shape index (κ2) is 6.28. The van der Waals surface area contributed by atoms with E-state index in [4.69, 9.17) is 0 Å².